The summed E-state index contributed by atoms with van der Waals surface area (Å²) in [5, 5.41) is 0. The van der Waals surface area contributed by atoms with E-state index in [9.17, 15) is 0 Å². The molecule has 0 saturated heterocycles. The van der Waals surface area contributed by atoms with Crippen molar-refractivity contribution < 1.29 is 0 Å². The van der Waals surface area contributed by atoms with Crippen LogP contribution < -0.4 is 0 Å². The van der Waals surface area contributed by atoms with E-state index in [0.717, 1.165) is 0 Å². The Morgan fingerprint density at radius 1 is 0.286 bits per heavy atom. The molecule has 0 fully saturated rings. The molecule has 0 nitrogen and oxygen atoms in total. The molecule has 0 heterocycles. The van der Waals surface area contributed by atoms with Gasteiger partial charge in [0.1, 0.15) is 0 Å². The zero-order chi connectivity index (χ0) is 0. The van der Waals surface area contributed by atoms with Crippen molar-refractivity contribution in [2.75, 3.05) is 0 Å². The molecule has 0 unspecified atom stereocenters. The van der Waals surface area contributed by atoms with Crippen LogP contribution in [0.1, 0.15) is 0 Å². The summed E-state index contributed by atoms with van der Waals surface area (Å²) in [7, 11) is 0. The first-order chi connectivity index (χ1) is 0. The van der Waals surface area contributed by atoms with Gasteiger partial charge in [-0.25, -0.2) is 0 Å². The minimum atomic E-state index is 0. The van der Waals surface area contributed by atoms with Crippen molar-refractivity contribution in [1.82, 2.24) is 0 Å². The normalized spacial score (nSPS) is 0. The Hall–Kier alpha value is 10.8. The van der Waals surface area contributed by atoms with Crippen LogP contribution in [-0.4, -0.2) is 338 Å². The molecule has 0 bridgehead atoms. The third-order valence-electron chi connectivity index (χ3n) is 0. The van der Waals surface area contributed by atoms with Gasteiger partial charge < -0.3 is 0 Å². The molecule has 7 heteroatoms. The van der Waals surface area contributed by atoms with E-state index in [2.05, 4.69) is 0 Å². The van der Waals surface area contributed by atoms with Crippen molar-refractivity contribution in [1.29, 1.82) is 0 Å². The van der Waals surface area contributed by atoms with Crippen LogP contribution in [0.15, 0.2) is 0 Å². The summed E-state index contributed by atoms with van der Waals surface area (Å²) in [5.74, 6) is 0. The quantitative estimate of drug-likeness (QED) is 0.387. The Kier molecular flexibility index (Phi) is 221. The van der Waals surface area contributed by atoms with Crippen molar-refractivity contribution in [3.05, 3.63) is 0 Å². The molecule has 0 N–H and O–H groups in total. The minimum absolute atomic E-state index is 0. The van der Waals surface area contributed by atoms with E-state index in [1.54, 1.807) is 0 Å². The van der Waals surface area contributed by atoms with Crippen LogP contribution in [0.25, 0.3) is 0 Å². The van der Waals surface area contributed by atoms with Crippen LogP contribution in [0.2, 0.25) is 0 Å². The standard InChI is InChI=1S/6K.Na.7H. The van der Waals surface area contributed by atoms with Gasteiger partial charge in [0.25, 0.3) is 0 Å². The molecule has 0 saturated carbocycles. The topological polar surface area (TPSA) is 0 Å². The van der Waals surface area contributed by atoms with Gasteiger partial charge in [0.2, 0.25) is 0 Å². The van der Waals surface area contributed by atoms with E-state index < -0.39 is 0 Å². The molecule has 0 aliphatic rings. The van der Waals surface area contributed by atoms with Gasteiger partial charge in [0.05, 0.1) is 0 Å². The predicted molar refractivity (Wildman–Crippen MR) is 50.0 cm³/mol. The molecule has 0 aliphatic carbocycles. The van der Waals surface area contributed by atoms with Gasteiger partial charge in [0.15, 0.2) is 0 Å². The first kappa shape index (κ1) is 43.1. The second-order valence-electron chi connectivity index (χ2n) is 0. The fourth-order valence-electron chi connectivity index (χ4n) is 0. The summed E-state index contributed by atoms with van der Waals surface area (Å²) in [4.78, 5) is 0. The predicted octanol–water partition coefficient (Wildman–Crippen LogP) is -4.54. The third kappa shape index (κ3) is 31.6. The number of hydrogen-bond donors (Lipinski definition) is 0. The van der Waals surface area contributed by atoms with Crippen LogP contribution in [0.4, 0.5) is 0 Å². The molecular formula is H7K6Na. The van der Waals surface area contributed by atoms with E-state index >= 15 is 0 Å². The van der Waals surface area contributed by atoms with Gasteiger partial charge in [-0.15, -0.1) is 0 Å². The van der Waals surface area contributed by atoms with Crippen molar-refractivity contribution >= 4 is 338 Å². The van der Waals surface area contributed by atoms with Gasteiger partial charge in [-0.2, -0.15) is 0 Å². The summed E-state index contributed by atoms with van der Waals surface area (Å²) in [5.41, 5.74) is 0. The van der Waals surface area contributed by atoms with Gasteiger partial charge in [-0.05, 0) is 0 Å². The molecule has 0 amide bonds. The fourth-order valence-corrected chi connectivity index (χ4v) is 0. The summed E-state index contributed by atoms with van der Waals surface area (Å²) >= 11 is 0. The van der Waals surface area contributed by atoms with Crippen LogP contribution in [-0.2, 0) is 0 Å². The van der Waals surface area contributed by atoms with Crippen LogP contribution in [0.3, 0.4) is 0 Å². The van der Waals surface area contributed by atoms with Crippen molar-refractivity contribution in [2.45, 2.75) is 0 Å². The molecular weight excluding hydrogens is 258 g/mol. The van der Waals surface area contributed by atoms with E-state index in [-0.39, 0.29) is 338 Å². The third-order valence-corrected chi connectivity index (χ3v) is 0. The van der Waals surface area contributed by atoms with Crippen LogP contribution in [0, 0.1) is 0 Å². The average Bonchev–Trinajstić information content (AvgIpc) is 0. The zero-order valence-corrected chi connectivity index (χ0v) is 0. The first-order valence-electron chi connectivity index (χ1n) is 0. The Morgan fingerprint density at radius 2 is 0.286 bits per heavy atom. The van der Waals surface area contributed by atoms with Crippen LogP contribution in [0.5, 0.6) is 0 Å². The van der Waals surface area contributed by atoms with E-state index in [0.29, 0.717) is 0 Å². The van der Waals surface area contributed by atoms with E-state index in [4.69, 9.17) is 0 Å². The number of rotatable bonds is 0. The summed E-state index contributed by atoms with van der Waals surface area (Å²) in [6.07, 6.45) is 0. The second kappa shape index (κ2) is 36.0. The average molecular weight is 265 g/mol. The van der Waals surface area contributed by atoms with Gasteiger partial charge in [0, 0.05) is 0 Å². The Labute approximate surface area is 323 Å². The maximum atomic E-state index is 0. The van der Waals surface area contributed by atoms with Gasteiger partial charge in [-0.3, -0.25) is 0 Å². The summed E-state index contributed by atoms with van der Waals surface area (Å²) in [6, 6.07) is 0. The van der Waals surface area contributed by atoms with Crippen molar-refractivity contribution in [2.24, 2.45) is 0 Å². The molecule has 0 radical (unpaired) electrons. The van der Waals surface area contributed by atoms with Crippen molar-refractivity contribution in [3.8, 4) is 0 Å². The Bertz CT molecular complexity index is 4.14. The Morgan fingerprint density at radius 3 is 0.286 bits per heavy atom. The van der Waals surface area contributed by atoms with E-state index in [1.807, 2.05) is 0 Å². The first-order valence-corrected chi connectivity index (χ1v) is 0. The molecule has 0 aromatic rings. The monoisotopic (exact) mass is 264 g/mol. The van der Waals surface area contributed by atoms with E-state index in [1.165, 1.54) is 0 Å². The zero-order valence-electron chi connectivity index (χ0n) is 0. The molecule has 7 heavy (non-hydrogen) atoms. The molecule has 0 atom stereocenters. The van der Waals surface area contributed by atoms with Crippen LogP contribution >= 0.6 is 0 Å². The summed E-state index contributed by atoms with van der Waals surface area (Å²) in [6.45, 7) is 0. The SMILES string of the molecule is [KH].[KH].[KH].[KH].[KH].[KH].[NaH]. The van der Waals surface area contributed by atoms with Gasteiger partial charge in [-0.1, -0.05) is 0 Å². The summed E-state index contributed by atoms with van der Waals surface area (Å²) < 4.78 is 0. The molecule has 0 spiro atoms. The molecule has 0 aromatic carbocycles. The molecule has 0 aliphatic heterocycles. The number of hydrogen-bond acceptors (Lipinski definition) is 0. The maximum absolute atomic E-state index is 0. The second-order valence-corrected chi connectivity index (χ2v) is 0. The Balaban J connectivity index is 0. The molecule has 0 rings (SSSR count). The fraction of sp³-hybridized carbons (Fsp3) is 0. The molecule has 14 valence electrons. The molecule has 0 aromatic heterocycles. The van der Waals surface area contributed by atoms with Crippen molar-refractivity contribution in [3.63, 3.8) is 0 Å². The van der Waals surface area contributed by atoms with Gasteiger partial charge >= 0.3 is 338 Å².